The molecule has 1 atom stereocenters. The Hall–Kier alpha value is -2.05. The molecule has 1 aromatic carbocycles. The third kappa shape index (κ3) is 3.44. The molecule has 2 heterocycles. The van der Waals surface area contributed by atoms with Gasteiger partial charge in [0, 0.05) is 34.7 Å². The highest BCUT2D eigenvalue weighted by atomic mass is 35.5. The summed E-state index contributed by atoms with van der Waals surface area (Å²) in [4.78, 5) is 13.0. The highest BCUT2D eigenvalue weighted by Gasteiger charge is 2.24. The summed E-state index contributed by atoms with van der Waals surface area (Å²) in [5.74, 6) is 0.914. The summed E-state index contributed by atoms with van der Waals surface area (Å²) in [5, 5.41) is 9.37. The van der Waals surface area contributed by atoms with Crippen molar-refractivity contribution in [1.29, 1.82) is 0 Å². The number of halogens is 1. The maximum absolute atomic E-state index is 13.0. The van der Waals surface area contributed by atoms with Gasteiger partial charge in [-0.3, -0.25) is 4.79 Å². The van der Waals surface area contributed by atoms with Crippen LogP contribution in [0.3, 0.4) is 0 Å². The normalized spacial score (nSPS) is 12.4. The van der Waals surface area contributed by atoms with Crippen LogP contribution in [0.2, 0.25) is 5.02 Å². The van der Waals surface area contributed by atoms with Crippen molar-refractivity contribution in [3.8, 4) is 5.69 Å². The smallest absolute Gasteiger partial charge is 0.191 e. The minimum absolute atomic E-state index is 0.0870. The van der Waals surface area contributed by atoms with Crippen LogP contribution in [-0.4, -0.2) is 30.4 Å². The van der Waals surface area contributed by atoms with Gasteiger partial charge in [-0.1, -0.05) is 23.4 Å². The van der Waals surface area contributed by atoms with E-state index in [1.54, 1.807) is 0 Å². The lowest BCUT2D eigenvalue weighted by Crippen LogP contribution is -2.15. The van der Waals surface area contributed by atoms with Crippen molar-refractivity contribution in [2.75, 3.05) is 0 Å². The zero-order valence-electron chi connectivity index (χ0n) is 15.4. The zero-order valence-corrected chi connectivity index (χ0v) is 17.0. The fourth-order valence-electron chi connectivity index (χ4n) is 2.92. The van der Waals surface area contributed by atoms with Gasteiger partial charge < -0.3 is 9.13 Å². The second-order valence-corrected chi connectivity index (χ2v) is 8.05. The summed E-state index contributed by atoms with van der Waals surface area (Å²) >= 11 is 7.42. The van der Waals surface area contributed by atoms with Gasteiger partial charge in [0.1, 0.15) is 5.82 Å². The molecule has 0 radical (unpaired) electrons. The number of aryl methyl sites for hydroxylation is 2. The number of carbonyl (C=O) groups is 1. The standard InChI is InChI=1S/C19H21ClN4OS/c1-11-10-17(12(2)24(11)16-8-6-15(20)7-9-16)18(25)13(3)26-19-22-21-14(4)23(19)5/h6-10,13H,1-5H3/t13-/m0/s1. The van der Waals surface area contributed by atoms with Gasteiger partial charge in [0.15, 0.2) is 10.9 Å². The van der Waals surface area contributed by atoms with E-state index in [0.717, 1.165) is 33.6 Å². The van der Waals surface area contributed by atoms with E-state index in [9.17, 15) is 4.79 Å². The number of hydrogen-bond acceptors (Lipinski definition) is 4. The Bertz CT molecular complexity index is 959. The molecule has 3 rings (SSSR count). The Morgan fingerprint density at radius 1 is 1.15 bits per heavy atom. The topological polar surface area (TPSA) is 52.7 Å². The largest absolute Gasteiger partial charge is 0.318 e. The Morgan fingerprint density at radius 2 is 1.81 bits per heavy atom. The van der Waals surface area contributed by atoms with Gasteiger partial charge in [-0.2, -0.15) is 0 Å². The number of nitrogens with zero attached hydrogens (tertiary/aromatic N) is 4. The van der Waals surface area contributed by atoms with Gasteiger partial charge >= 0.3 is 0 Å². The molecule has 0 spiro atoms. The van der Waals surface area contributed by atoms with Crippen LogP contribution in [0, 0.1) is 20.8 Å². The van der Waals surface area contributed by atoms with Crippen molar-refractivity contribution in [3.63, 3.8) is 0 Å². The molecule has 0 N–H and O–H groups in total. The van der Waals surface area contributed by atoms with E-state index in [1.807, 2.05) is 69.6 Å². The van der Waals surface area contributed by atoms with E-state index in [1.165, 1.54) is 11.8 Å². The van der Waals surface area contributed by atoms with Gasteiger partial charge in [-0.05, 0) is 58.0 Å². The second kappa shape index (κ2) is 7.29. The van der Waals surface area contributed by atoms with Crippen LogP contribution in [0.1, 0.15) is 34.5 Å². The van der Waals surface area contributed by atoms with Crippen LogP contribution in [0.4, 0.5) is 0 Å². The first-order valence-corrected chi connectivity index (χ1v) is 9.57. The van der Waals surface area contributed by atoms with Crippen LogP contribution in [0.5, 0.6) is 0 Å². The minimum atomic E-state index is -0.253. The highest BCUT2D eigenvalue weighted by Crippen LogP contribution is 2.28. The number of aromatic nitrogens is 4. The summed E-state index contributed by atoms with van der Waals surface area (Å²) in [6, 6.07) is 9.57. The zero-order chi connectivity index (χ0) is 19.0. The lowest BCUT2D eigenvalue weighted by Gasteiger charge is -2.12. The molecule has 136 valence electrons. The number of Topliss-reactive ketones (excluding diaryl/α,β-unsaturated/α-hetero) is 1. The Morgan fingerprint density at radius 3 is 2.38 bits per heavy atom. The molecule has 26 heavy (non-hydrogen) atoms. The maximum atomic E-state index is 13.0. The minimum Gasteiger partial charge on any atom is -0.318 e. The molecule has 3 aromatic rings. The molecule has 0 amide bonds. The fourth-order valence-corrected chi connectivity index (χ4v) is 3.98. The molecule has 0 unspecified atom stereocenters. The van der Waals surface area contributed by atoms with Crippen molar-refractivity contribution in [3.05, 3.63) is 58.1 Å². The number of carbonyl (C=O) groups excluding carboxylic acids is 1. The van der Waals surface area contributed by atoms with Gasteiger partial charge in [0.2, 0.25) is 0 Å². The van der Waals surface area contributed by atoms with Crippen LogP contribution in [0.25, 0.3) is 5.69 Å². The molecular weight excluding hydrogens is 368 g/mol. The van der Waals surface area contributed by atoms with E-state index in [4.69, 9.17) is 11.6 Å². The van der Waals surface area contributed by atoms with E-state index < -0.39 is 0 Å². The molecule has 0 aliphatic carbocycles. The van der Waals surface area contributed by atoms with Crippen LogP contribution < -0.4 is 0 Å². The van der Waals surface area contributed by atoms with Crippen LogP contribution in [0.15, 0.2) is 35.5 Å². The SMILES string of the molecule is Cc1nnc(S[C@@H](C)C(=O)c2cc(C)n(-c3ccc(Cl)cc3)c2C)n1C. The molecular formula is C19H21ClN4OS. The monoisotopic (exact) mass is 388 g/mol. The molecule has 0 fully saturated rings. The number of benzene rings is 1. The van der Waals surface area contributed by atoms with Crippen LogP contribution >= 0.6 is 23.4 Å². The fraction of sp³-hybridized carbons (Fsp3) is 0.316. The van der Waals surface area contributed by atoms with E-state index >= 15 is 0 Å². The van der Waals surface area contributed by atoms with E-state index in [2.05, 4.69) is 14.8 Å². The van der Waals surface area contributed by atoms with Crippen molar-refractivity contribution in [1.82, 2.24) is 19.3 Å². The molecule has 0 saturated carbocycles. The Kier molecular flexibility index (Phi) is 5.25. The van der Waals surface area contributed by atoms with Crippen molar-refractivity contribution < 1.29 is 4.79 Å². The van der Waals surface area contributed by atoms with Crippen molar-refractivity contribution >= 4 is 29.1 Å². The number of ketones is 1. The maximum Gasteiger partial charge on any atom is 0.191 e. The average Bonchev–Trinajstić information content (AvgIpc) is 3.08. The molecule has 0 aliphatic rings. The summed E-state index contributed by atoms with van der Waals surface area (Å²) in [6.07, 6.45) is 0. The summed E-state index contributed by atoms with van der Waals surface area (Å²) in [7, 11) is 1.90. The quantitative estimate of drug-likeness (QED) is 0.475. The van der Waals surface area contributed by atoms with Gasteiger partial charge in [0.05, 0.1) is 5.25 Å². The summed E-state index contributed by atoms with van der Waals surface area (Å²) in [6.45, 7) is 7.77. The van der Waals surface area contributed by atoms with Gasteiger partial charge in [-0.25, -0.2) is 0 Å². The van der Waals surface area contributed by atoms with Gasteiger partial charge in [-0.15, -0.1) is 10.2 Å². The third-order valence-corrected chi connectivity index (χ3v) is 5.87. The first-order chi connectivity index (χ1) is 12.3. The first-order valence-electron chi connectivity index (χ1n) is 8.31. The lowest BCUT2D eigenvalue weighted by atomic mass is 10.1. The number of hydrogen-bond donors (Lipinski definition) is 0. The third-order valence-electron chi connectivity index (χ3n) is 4.49. The highest BCUT2D eigenvalue weighted by molar-refractivity contribution is 8.00. The summed E-state index contributed by atoms with van der Waals surface area (Å²) < 4.78 is 3.97. The predicted octanol–water partition coefficient (Wildman–Crippen LogP) is 4.55. The second-order valence-electron chi connectivity index (χ2n) is 6.31. The molecule has 2 aromatic heterocycles. The summed E-state index contributed by atoms with van der Waals surface area (Å²) in [5.41, 5.74) is 3.67. The van der Waals surface area contributed by atoms with E-state index in [-0.39, 0.29) is 11.0 Å². The van der Waals surface area contributed by atoms with Gasteiger partial charge in [0.25, 0.3) is 0 Å². The number of rotatable bonds is 5. The predicted molar refractivity (Wildman–Crippen MR) is 106 cm³/mol. The molecule has 5 nitrogen and oxygen atoms in total. The molecule has 0 bridgehead atoms. The van der Waals surface area contributed by atoms with Crippen LogP contribution in [-0.2, 0) is 7.05 Å². The molecule has 7 heteroatoms. The Labute approximate surface area is 162 Å². The molecule has 0 saturated heterocycles. The first kappa shape index (κ1) is 18.7. The van der Waals surface area contributed by atoms with E-state index in [0.29, 0.717) is 5.02 Å². The number of thioether (sulfide) groups is 1. The average molecular weight is 389 g/mol. The Balaban J connectivity index is 1.89. The van der Waals surface area contributed by atoms with Crippen molar-refractivity contribution in [2.45, 2.75) is 38.1 Å². The lowest BCUT2D eigenvalue weighted by molar-refractivity contribution is 0.0993. The molecule has 0 aliphatic heterocycles. The van der Waals surface area contributed by atoms with Crippen molar-refractivity contribution in [2.24, 2.45) is 7.05 Å².